The fourth-order valence-corrected chi connectivity index (χ4v) is 2.18. The molecule has 0 radical (unpaired) electrons. The van der Waals surface area contributed by atoms with Crippen LogP contribution in [0, 0.1) is 5.82 Å². The van der Waals surface area contributed by atoms with E-state index >= 15 is 0 Å². The highest BCUT2D eigenvalue weighted by Gasteiger charge is 2.39. The van der Waals surface area contributed by atoms with Crippen LogP contribution >= 0.6 is 11.6 Å². The summed E-state index contributed by atoms with van der Waals surface area (Å²) in [4.78, 5) is 25.1. The maximum Gasteiger partial charge on any atom is 0.254 e. The van der Waals surface area contributed by atoms with E-state index in [1.54, 1.807) is 0 Å². The first-order valence-corrected chi connectivity index (χ1v) is 6.39. The van der Waals surface area contributed by atoms with E-state index in [1.165, 1.54) is 24.0 Å². The van der Waals surface area contributed by atoms with Gasteiger partial charge in [0, 0.05) is 12.1 Å². The molecule has 1 fully saturated rings. The second-order valence-electron chi connectivity index (χ2n) is 4.80. The van der Waals surface area contributed by atoms with Crippen LogP contribution in [0.1, 0.15) is 17.3 Å². The molecular formula is C13H14ClFN2O3. The van der Waals surface area contributed by atoms with Crippen molar-refractivity contribution in [2.45, 2.75) is 12.5 Å². The summed E-state index contributed by atoms with van der Waals surface area (Å²) in [5.74, 6) is -1.57. The molecule has 2 N–H and O–H groups in total. The zero-order chi connectivity index (χ0) is 14.9. The quantitative estimate of drug-likeness (QED) is 0.892. The molecule has 1 atom stereocenters. The number of amides is 2. The van der Waals surface area contributed by atoms with Crippen LogP contribution in [-0.2, 0) is 9.53 Å². The number of nitrogens with two attached hydrogens (primary N) is 1. The molecule has 1 heterocycles. The molecule has 1 aliphatic heterocycles. The molecule has 5 nitrogen and oxygen atoms in total. The highest BCUT2D eigenvalue weighted by molar-refractivity contribution is 6.31. The maximum atomic E-state index is 13.1. The lowest BCUT2D eigenvalue weighted by atomic mass is 10.0. The Kier molecular flexibility index (Phi) is 3.96. The van der Waals surface area contributed by atoms with Gasteiger partial charge >= 0.3 is 0 Å². The first-order chi connectivity index (χ1) is 9.33. The number of benzene rings is 1. The molecule has 2 rings (SSSR count). The van der Waals surface area contributed by atoms with E-state index in [4.69, 9.17) is 22.1 Å². The number of nitrogens with zero attached hydrogens (tertiary/aromatic N) is 1. The van der Waals surface area contributed by atoms with Crippen molar-refractivity contribution in [3.05, 3.63) is 34.6 Å². The molecule has 2 amide bonds. The predicted molar refractivity (Wildman–Crippen MR) is 70.9 cm³/mol. The van der Waals surface area contributed by atoms with E-state index in [2.05, 4.69) is 0 Å². The van der Waals surface area contributed by atoms with Gasteiger partial charge in [0.2, 0.25) is 0 Å². The SMILES string of the molecule is CC1(C(N)=O)CN(C(=O)c2ccc(F)c(Cl)c2)CCO1. The molecule has 20 heavy (non-hydrogen) atoms. The molecule has 0 spiro atoms. The third kappa shape index (κ3) is 2.76. The van der Waals surface area contributed by atoms with Crippen molar-refractivity contribution in [1.29, 1.82) is 0 Å². The molecule has 7 heteroatoms. The van der Waals surface area contributed by atoms with Crippen molar-refractivity contribution >= 4 is 23.4 Å². The van der Waals surface area contributed by atoms with Crippen LogP contribution in [0.15, 0.2) is 18.2 Å². The fourth-order valence-electron chi connectivity index (χ4n) is 2.00. The number of primary amides is 1. The second-order valence-corrected chi connectivity index (χ2v) is 5.21. The largest absolute Gasteiger partial charge is 0.367 e. The predicted octanol–water partition coefficient (Wildman–Crippen LogP) is 1.20. The van der Waals surface area contributed by atoms with E-state index in [-0.39, 0.29) is 29.6 Å². The van der Waals surface area contributed by atoms with Gasteiger partial charge < -0.3 is 15.4 Å². The lowest BCUT2D eigenvalue weighted by molar-refractivity contribution is -0.150. The van der Waals surface area contributed by atoms with Crippen LogP contribution in [0.2, 0.25) is 5.02 Å². The van der Waals surface area contributed by atoms with E-state index in [9.17, 15) is 14.0 Å². The number of carbonyl (C=O) groups is 2. The smallest absolute Gasteiger partial charge is 0.254 e. The van der Waals surface area contributed by atoms with Crippen molar-refractivity contribution in [1.82, 2.24) is 4.90 Å². The van der Waals surface area contributed by atoms with Crippen molar-refractivity contribution in [3.8, 4) is 0 Å². The Labute approximate surface area is 120 Å². The lowest BCUT2D eigenvalue weighted by Crippen LogP contribution is -2.58. The summed E-state index contributed by atoms with van der Waals surface area (Å²) >= 11 is 5.66. The van der Waals surface area contributed by atoms with Crippen LogP contribution in [0.25, 0.3) is 0 Å². The molecule has 108 valence electrons. The van der Waals surface area contributed by atoms with Crippen molar-refractivity contribution in [3.63, 3.8) is 0 Å². The van der Waals surface area contributed by atoms with Crippen molar-refractivity contribution in [2.24, 2.45) is 5.73 Å². The van der Waals surface area contributed by atoms with E-state index in [0.717, 1.165) is 6.07 Å². The van der Waals surface area contributed by atoms with Gasteiger partial charge in [0.15, 0.2) is 5.60 Å². The van der Waals surface area contributed by atoms with Crippen LogP contribution in [-0.4, -0.2) is 42.0 Å². The highest BCUT2D eigenvalue weighted by Crippen LogP contribution is 2.21. The molecule has 1 aromatic rings. The molecule has 1 aromatic carbocycles. The fraction of sp³-hybridized carbons (Fsp3) is 0.385. The summed E-state index contributed by atoms with van der Waals surface area (Å²) in [5.41, 5.74) is 4.32. The summed E-state index contributed by atoms with van der Waals surface area (Å²) in [6.07, 6.45) is 0. The minimum absolute atomic E-state index is 0.0517. The van der Waals surface area contributed by atoms with Crippen LogP contribution in [0.4, 0.5) is 4.39 Å². The standard InChI is InChI=1S/C13H14ClFN2O3/c1-13(12(16)19)7-17(4-5-20-13)11(18)8-2-3-10(15)9(14)6-8/h2-3,6H,4-5,7H2,1H3,(H2,16,19). The number of hydrogen-bond donors (Lipinski definition) is 1. The molecule has 0 aliphatic carbocycles. The van der Waals surface area contributed by atoms with E-state index in [1.807, 2.05) is 0 Å². The van der Waals surface area contributed by atoms with E-state index < -0.39 is 17.3 Å². The number of hydrogen-bond acceptors (Lipinski definition) is 3. The minimum Gasteiger partial charge on any atom is -0.367 e. The topological polar surface area (TPSA) is 72.6 Å². The Balaban J connectivity index is 2.20. The van der Waals surface area contributed by atoms with Gasteiger partial charge in [-0.15, -0.1) is 0 Å². The monoisotopic (exact) mass is 300 g/mol. The number of carbonyl (C=O) groups excluding carboxylic acids is 2. The Morgan fingerprint density at radius 1 is 1.50 bits per heavy atom. The summed E-state index contributed by atoms with van der Waals surface area (Å²) in [6.45, 7) is 2.12. The summed E-state index contributed by atoms with van der Waals surface area (Å²) in [7, 11) is 0. The van der Waals surface area contributed by atoms with Gasteiger partial charge in [-0.2, -0.15) is 0 Å². The highest BCUT2D eigenvalue weighted by atomic mass is 35.5. The third-order valence-electron chi connectivity index (χ3n) is 3.25. The normalized spacial score (nSPS) is 22.6. The van der Waals surface area contributed by atoms with Crippen LogP contribution in [0.3, 0.4) is 0 Å². The van der Waals surface area contributed by atoms with Crippen LogP contribution < -0.4 is 5.73 Å². The van der Waals surface area contributed by atoms with Gasteiger partial charge in [0.05, 0.1) is 18.2 Å². The molecule has 1 aliphatic rings. The zero-order valence-corrected chi connectivity index (χ0v) is 11.6. The Bertz CT molecular complexity index is 567. The van der Waals surface area contributed by atoms with Gasteiger partial charge in [-0.1, -0.05) is 11.6 Å². The van der Waals surface area contributed by atoms with Gasteiger partial charge in [-0.3, -0.25) is 9.59 Å². The Hall–Kier alpha value is -1.66. The Morgan fingerprint density at radius 3 is 2.80 bits per heavy atom. The van der Waals surface area contributed by atoms with Crippen molar-refractivity contribution in [2.75, 3.05) is 19.7 Å². The number of rotatable bonds is 2. The average molecular weight is 301 g/mol. The van der Waals surface area contributed by atoms with Gasteiger partial charge in [0.25, 0.3) is 11.8 Å². The molecule has 1 unspecified atom stereocenters. The summed E-state index contributed by atoms with van der Waals surface area (Å²) in [5, 5.41) is -0.123. The molecule has 0 aromatic heterocycles. The lowest BCUT2D eigenvalue weighted by Gasteiger charge is -2.38. The molecular weight excluding hydrogens is 287 g/mol. The first kappa shape index (κ1) is 14.7. The Morgan fingerprint density at radius 2 is 2.20 bits per heavy atom. The summed E-state index contributed by atoms with van der Waals surface area (Å²) < 4.78 is 18.4. The minimum atomic E-state index is -1.21. The molecule has 1 saturated heterocycles. The molecule has 0 bridgehead atoms. The van der Waals surface area contributed by atoms with Gasteiger partial charge in [-0.05, 0) is 25.1 Å². The summed E-state index contributed by atoms with van der Waals surface area (Å²) in [6, 6.07) is 3.74. The van der Waals surface area contributed by atoms with Gasteiger partial charge in [-0.25, -0.2) is 4.39 Å². The number of morpholine rings is 1. The van der Waals surface area contributed by atoms with E-state index in [0.29, 0.717) is 6.54 Å². The number of halogens is 2. The van der Waals surface area contributed by atoms with Crippen molar-refractivity contribution < 1.29 is 18.7 Å². The number of ether oxygens (including phenoxy) is 1. The second kappa shape index (κ2) is 5.38. The third-order valence-corrected chi connectivity index (χ3v) is 3.54. The van der Waals surface area contributed by atoms with Crippen LogP contribution in [0.5, 0.6) is 0 Å². The zero-order valence-electron chi connectivity index (χ0n) is 10.9. The first-order valence-electron chi connectivity index (χ1n) is 6.02. The van der Waals surface area contributed by atoms with Gasteiger partial charge in [0.1, 0.15) is 5.82 Å². The maximum absolute atomic E-state index is 13.1. The average Bonchev–Trinajstić information content (AvgIpc) is 2.41. The molecule has 0 saturated carbocycles.